The molecule has 0 radical (unpaired) electrons. The molecule has 0 aliphatic rings. The number of hydrogen-bond donors (Lipinski definition) is 1. The van der Waals surface area contributed by atoms with Crippen molar-refractivity contribution in [2.45, 2.75) is 60.0 Å². The third kappa shape index (κ3) is 4.50. The van der Waals surface area contributed by atoms with Gasteiger partial charge >= 0.3 is 0 Å². The monoisotopic (exact) mass is 237 g/mol. The average Bonchev–Trinajstić information content (AvgIpc) is 2.60. The summed E-state index contributed by atoms with van der Waals surface area (Å²) in [6.07, 6.45) is 4.60. The molecule has 1 N–H and O–H groups in total. The Morgan fingerprint density at radius 1 is 1.35 bits per heavy atom. The first kappa shape index (κ1) is 14.2. The molecule has 0 bridgehead atoms. The van der Waals surface area contributed by atoms with Crippen molar-refractivity contribution in [2.75, 3.05) is 6.54 Å². The maximum Gasteiger partial charge on any atom is 0.0638 e. The zero-order valence-electron chi connectivity index (χ0n) is 12.0. The van der Waals surface area contributed by atoms with Gasteiger partial charge in [0.15, 0.2) is 0 Å². The fourth-order valence-electron chi connectivity index (χ4n) is 1.96. The number of aryl methyl sites for hydroxylation is 1. The predicted octanol–water partition coefficient (Wildman–Crippen LogP) is 3.30. The standard InChI is InChI=1S/C14H27N3/c1-6-7-12(4)17-10-14(13(5)16-17)9-15-8-11(2)3/h10-12,15H,6-9H2,1-5H3. The molecule has 0 amide bonds. The molecule has 1 aromatic rings. The van der Waals surface area contributed by atoms with Gasteiger partial charge in [-0.2, -0.15) is 5.10 Å². The van der Waals surface area contributed by atoms with Crippen molar-refractivity contribution in [1.29, 1.82) is 0 Å². The highest BCUT2D eigenvalue weighted by Gasteiger charge is 2.09. The molecule has 0 spiro atoms. The van der Waals surface area contributed by atoms with Crippen LogP contribution in [0.1, 0.15) is 57.8 Å². The molecule has 98 valence electrons. The van der Waals surface area contributed by atoms with E-state index in [1.807, 2.05) is 0 Å². The predicted molar refractivity (Wildman–Crippen MR) is 73.1 cm³/mol. The van der Waals surface area contributed by atoms with Crippen LogP contribution in [0.4, 0.5) is 0 Å². The Morgan fingerprint density at radius 3 is 2.65 bits per heavy atom. The van der Waals surface area contributed by atoms with E-state index in [0.29, 0.717) is 12.0 Å². The fraction of sp³-hybridized carbons (Fsp3) is 0.786. The molecule has 0 saturated carbocycles. The quantitative estimate of drug-likeness (QED) is 0.788. The molecule has 0 saturated heterocycles. The van der Waals surface area contributed by atoms with Crippen molar-refractivity contribution in [1.82, 2.24) is 15.1 Å². The van der Waals surface area contributed by atoms with Crippen LogP contribution in [-0.4, -0.2) is 16.3 Å². The Balaban J connectivity index is 2.55. The molecule has 17 heavy (non-hydrogen) atoms. The molecule has 1 unspecified atom stereocenters. The summed E-state index contributed by atoms with van der Waals surface area (Å²) in [5, 5.41) is 8.08. The maximum atomic E-state index is 4.60. The molecule has 0 aliphatic heterocycles. The summed E-state index contributed by atoms with van der Waals surface area (Å²) >= 11 is 0. The number of aromatic nitrogens is 2. The minimum Gasteiger partial charge on any atom is -0.312 e. The van der Waals surface area contributed by atoms with Gasteiger partial charge in [-0.3, -0.25) is 4.68 Å². The van der Waals surface area contributed by atoms with E-state index in [0.717, 1.165) is 18.8 Å². The Morgan fingerprint density at radius 2 is 2.06 bits per heavy atom. The number of rotatable bonds is 7. The molecule has 0 aliphatic carbocycles. The second kappa shape index (κ2) is 6.80. The van der Waals surface area contributed by atoms with Crippen LogP contribution >= 0.6 is 0 Å². The van der Waals surface area contributed by atoms with Gasteiger partial charge < -0.3 is 5.32 Å². The Kier molecular flexibility index (Phi) is 5.69. The van der Waals surface area contributed by atoms with Crippen LogP contribution in [0.3, 0.4) is 0 Å². The van der Waals surface area contributed by atoms with E-state index in [9.17, 15) is 0 Å². The molecular formula is C14H27N3. The minimum absolute atomic E-state index is 0.512. The normalized spacial score (nSPS) is 13.3. The van der Waals surface area contributed by atoms with E-state index >= 15 is 0 Å². The molecule has 1 aromatic heterocycles. The topological polar surface area (TPSA) is 29.9 Å². The summed E-state index contributed by atoms with van der Waals surface area (Å²) in [4.78, 5) is 0. The van der Waals surface area contributed by atoms with Gasteiger partial charge in [0.25, 0.3) is 0 Å². The highest BCUT2D eigenvalue weighted by Crippen LogP contribution is 2.15. The van der Waals surface area contributed by atoms with Gasteiger partial charge in [-0.05, 0) is 32.7 Å². The van der Waals surface area contributed by atoms with Crippen LogP contribution in [0.15, 0.2) is 6.20 Å². The van der Waals surface area contributed by atoms with Gasteiger partial charge in [0.2, 0.25) is 0 Å². The molecule has 1 heterocycles. The van der Waals surface area contributed by atoms with Gasteiger partial charge in [0.05, 0.1) is 5.69 Å². The Hall–Kier alpha value is -0.830. The lowest BCUT2D eigenvalue weighted by Crippen LogP contribution is -2.19. The molecule has 1 rings (SSSR count). The van der Waals surface area contributed by atoms with E-state index < -0.39 is 0 Å². The summed E-state index contributed by atoms with van der Waals surface area (Å²) < 4.78 is 2.12. The van der Waals surface area contributed by atoms with Crippen molar-refractivity contribution in [2.24, 2.45) is 5.92 Å². The third-order valence-corrected chi connectivity index (χ3v) is 3.04. The molecule has 0 fully saturated rings. The van der Waals surface area contributed by atoms with Gasteiger partial charge in [0, 0.05) is 24.3 Å². The zero-order valence-corrected chi connectivity index (χ0v) is 12.0. The van der Waals surface area contributed by atoms with E-state index in [-0.39, 0.29) is 0 Å². The summed E-state index contributed by atoms with van der Waals surface area (Å²) in [5.41, 5.74) is 2.48. The number of hydrogen-bond acceptors (Lipinski definition) is 2. The van der Waals surface area contributed by atoms with Crippen LogP contribution in [0, 0.1) is 12.8 Å². The van der Waals surface area contributed by atoms with Gasteiger partial charge in [-0.1, -0.05) is 27.2 Å². The first-order chi connectivity index (χ1) is 8.04. The minimum atomic E-state index is 0.512. The Labute approximate surface area is 106 Å². The van der Waals surface area contributed by atoms with Gasteiger partial charge in [0.1, 0.15) is 0 Å². The van der Waals surface area contributed by atoms with Crippen molar-refractivity contribution in [3.63, 3.8) is 0 Å². The smallest absolute Gasteiger partial charge is 0.0638 e. The second-order valence-corrected chi connectivity index (χ2v) is 5.38. The lowest BCUT2D eigenvalue weighted by atomic mass is 10.2. The SMILES string of the molecule is CCCC(C)n1cc(CNCC(C)C)c(C)n1. The second-order valence-electron chi connectivity index (χ2n) is 5.38. The molecule has 3 heteroatoms. The van der Waals surface area contributed by atoms with E-state index in [1.54, 1.807) is 0 Å². The molecule has 1 atom stereocenters. The van der Waals surface area contributed by atoms with Gasteiger partial charge in [-0.25, -0.2) is 0 Å². The first-order valence-corrected chi connectivity index (χ1v) is 6.79. The largest absolute Gasteiger partial charge is 0.312 e. The van der Waals surface area contributed by atoms with Crippen molar-refractivity contribution < 1.29 is 0 Å². The number of nitrogens with one attached hydrogen (secondary N) is 1. The van der Waals surface area contributed by atoms with Crippen molar-refractivity contribution in [3.05, 3.63) is 17.5 Å². The van der Waals surface area contributed by atoms with Crippen LogP contribution in [0.2, 0.25) is 0 Å². The van der Waals surface area contributed by atoms with Crippen molar-refractivity contribution >= 4 is 0 Å². The molecular weight excluding hydrogens is 210 g/mol. The van der Waals surface area contributed by atoms with Crippen LogP contribution < -0.4 is 5.32 Å². The van der Waals surface area contributed by atoms with Gasteiger partial charge in [-0.15, -0.1) is 0 Å². The lowest BCUT2D eigenvalue weighted by Gasteiger charge is -2.10. The maximum absolute atomic E-state index is 4.60. The van der Waals surface area contributed by atoms with Crippen LogP contribution in [-0.2, 0) is 6.54 Å². The number of nitrogens with zero attached hydrogens (tertiary/aromatic N) is 2. The highest BCUT2D eigenvalue weighted by atomic mass is 15.3. The molecule has 3 nitrogen and oxygen atoms in total. The average molecular weight is 237 g/mol. The van der Waals surface area contributed by atoms with E-state index in [1.165, 1.54) is 18.4 Å². The summed E-state index contributed by atoms with van der Waals surface area (Å²) in [6, 6.07) is 0.512. The van der Waals surface area contributed by atoms with Crippen LogP contribution in [0.25, 0.3) is 0 Å². The summed E-state index contributed by atoms with van der Waals surface area (Å²) in [5.74, 6) is 0.698. The summed E-state index contributed by atoms with van der Waals surface area (Å²) in [6.45, 7) is 13.0. The molecule has 0 aromatic carbocycles. The Bertz CT molecular complexity index is 328. The van der Waals surface area contributed by atoms with Crippen molar-refractivity contribution in [3.8, 4) is 0 Å². The lowest BCUT2D eigenvalue weighted by molar-refractivity contribution is 0.452. The zero-order chi connectivity index (χ0) is 12.8. The fourth-order valence-corrected chi connectivity index (χ4v) is 1.96. The van der Waals surface area contributed by atoms with E-state index in [4.69, 9.17) is 0 Å². The highest BCUT2D eigenvalue weighted by molar-refractivity contribution is 5.15. The van der Waals surface area contributed by atoms with Crippen LogP contribution in [0.5, 0.6) is 0 Å². The first-order valence-electron chi connectivity index (χ1n) is 6.79. The summed E-state index contributed by atoms with van der Waals surface area (Å²) in [7, 11) is 0. The van der Waals surface area contributed by atoms with E-state index in [2.05, 4.69) is 55.9 Å². The third-order valence-electron chi connectivity index (χ3n) is 3.04.